The lowest BCUT2D eigenvalue weighted by Gasteiger charge is -2.28. The second kappa shape index (κ2) is 6.81. The molecule has 2 fully saturated rings. The van der Waals surface area contributed by atoms with E-state index in [-0.39, 0.29) is 5.75 Å². The maximum Gasteiger partial charge on any atom is 0.251 e. The van der Waals surface area contributed by atoms with E-state index in [0.717, 1.165) is 17.1 Å². The maximum atomic E-state index is 14.7. The summed E-state index contributed by atoms with van der Waals surface area (Å²) in [5.41, 5.74) is 5.24. The highest BCUT2D eigenvalue weighted by Gasteiger charge is 2.44. The smallest absolute Gasteiger partial charge is 0.251 e. The maximum absolute atomic E-state index is 14.7. The minimum atomic E-state index is -4.13. The zero-order valence-corrected chi connectivity index (χ0v) is 15.9. The quantitative estimate of drug-likeness (QED) is 0.816. The Morgan fingerprint density at radius 1 is 1.27 bits per heavy atom. The predicted octanol–water partition coefficient (Wildman–Crippen LogP) is 2.52. The topological polar surface area (TPSA) is 89.7 Å². The predicted molar refractivity (Wildman–Crippen MR) is 94.9 cm³/mol. The number of hydrogen-bond donors (Lipinski definition) is 1. The van der Waals surface area contributed by atoms with E-state index in [1.54, 1.807) is 0 Å². The van der Waals surface area contributed by atoms with E-state index in [0.29, 0.717) is 17.9 Å². The largest absolute Gasteiger partial charge is 0.492 e. The lowest BCUT2D eigenvalue weighted by molar-refractivity contribution is 0.0995. The van der Waals surface area contributed by atoms with Crippen LogP contribution in [-0.4, -0.2) is 39.3 Å². The molecule has 0 bridgehead atoms. The third-order valence-corrected chi connectivity index (χ3v) is 7.52. The molecular weight excluding hydrogens is 359 g/mol. The van der Waals surface area contributed by atoms with Gasteiger partial charge < -0.3 is 10.5 Å². The molecule has 0 aliphatic heterocycles. The third kappa shape index (κ3) is 3.57. The molecule has 0 saturated heterocycles. The van der Waals surface area contributed by atoms with Crippen molar-refractivity contribution in [2.75, 3.05) is 20.7 Å². The van der Waals surface area contributed by atoms with Gasteiger partial charge in [0, 0.05) is 14.1 Å². The molecule has 2 aliphatic rings. The van der Waals surface area contributed by atoms with E-state index in [1.165, 1.54) is 51.9 Å². The number of sulfonamides is 1. The Morgan fingerprint density at radius 2 is 1.88 bits per heavy atom. The number of ether oxygens (including phenoxy) is 1. The van der Waals surface area contributed by atoms with Gasteiger partial charge in [0.1, 0.15) is 5.75 Å². The van der Waals surface area contributed by atoms with Crippen LogP contribution in [0.15, 0.2) is 17.0 Å². The fourth-order valence-electron chi connectivity index (χ4n) is 3.61. The molecule has 2 saturated carbocycles. The van der Waals surface area contributed by atoms with E-state index < -0.39 is 32.2 Å². The first kappa shape index (κ1) is 19.1. The Labute approximate surface area is 153 Å². The molecule has 2 N–H and O–H groups in total. The molecule has 26 heavy (non-hydrogen) atoms. The lowest BCUT2D eigenvalue weighted by Crippen LogP contribution is -2.26. The molecule has 0 atom stereocenters. The summed E-state index contributed by atoms with van der Waals surface area (Å²) in [6, 6.07) is 2.48. The normalized spacial score (nSPS) is 19.7. The number of nitrogens with two attached hydrogens (primary N) is 1. The minimum absolute atomic E-state index is 0.0760. The number of carbonyl (C=O) groups excluding carboxylic acids is 1. The molecule has 144 valence electrons. The molecule has 0 aromatic heterocycles. The number of carbonyl (C=O) groups is 1. The van der Waals surface area contributed by atoms with Crippen molar-refractivity contribution in [2.45, 2.75) is 43.4 Å². The Hall–Kier alpha value is -1.67. The van der Waals surface area contributed by atoms with E-state index in [9.17, 15) is 17.6 Å². The second-order valence-electron chi connectivity index (χ2n) is 7.66. The number of rotatable bonds is 6. The van der Waals surface area contributed by atoms with Crippen molar-refractivity contribution >= 4 is 15.9 Å². The number of benzene rings is 1. The van der Waals surface area contributed by atoms with E-state index >= 15 is 0 Å². The highest BCUT2D eigenvalue weighted by Crippen LogP contribution is 2.57. The van der Waals surface area contributed by atoms with Crippen LogP contribution in [0.1, 0.15) is 48.9 Å². The van der Waals surface area contributed by atoms with Gasteiger partial charge in [0.15, 0.2) is 10.7 Å². The molecule has 1 aromatic rings. The first-order valence-corrected chi connectivity index (χ1v) is 10.3. The minimum Gasteiger partial charge on any atom is -0.492 e. The van der Waals surface area contributed by atoms with Crippen molar-refractivity contribution in [2.24, 2.45) is 17.1 Å². The Morgan fingerprint density at radius 3 is 2.38 bits per heavy atom. The second-order valence-corrected chi connectivity index (χ2v) is 9.75. The average molecular weight is 384 g/mol. The molecule has 1 spiro atoms. The van der Waals surface area contributed by atoms with Crippen LogP contribution in [0.25, 0.3) is 0 Å². The Bertz CT molecular complexity index is 809. The Kier molecular flexibility index (Phi) is 5.00. The van der Waals surface area contributed by atoms with Crippen molar-refractivity contribution in [3.8, 4) is 5.75 Å². The van der Waals surface area contributed by atoms with E-state index in [1.807, 2.05) is 0 Å². The van der Waals surface area contributed by atoms with Gasteiger partial charge in [0.05, 0.1) is 12.2 Å². The number of halogens is 1. The molecule has 3 rings (SSSR count). The summed E-state index contributed by atoms with van der Waals surface area (Å²) in [6.07, 6.45) is 7.06. The fraction of sp³-hybridized carbons (Fsp3) is 0.611. The molecule has 1 amide bonds. The first-order valence-electron chi connectivity index (χ1n) is 8.84. The van der Waals surface area contributed by atoms with Crippen LogP contribution in [-0.2, 0) is 10.0 Å². The zero-order valence-electron chi connectivity index (χ0n) is 15.1. The SMILES string of the molecule is CN(C)S(=O)(=O)c1c(OCC2CCC3(CC2)CC3)ccc(C(N)=O)c1F. The zero-order chi connectivity index (χ0) is 19.1. The van der Waals surface area contributed by atoms with Crippen LogP contribution in [0.3, 0.4) is 0 Å². The summed E-state index contributed by atoms with van der Waals surface area (Å²) in [6.45, 7) is 0.335. The molecule has 6 nitrogen and oxygen atoms in total. The van der Waals surface area contributed by atoms with Crippen molar-refractivity contribution in [1.29, 1.82) is 0 Å². The lowest BCUT2D eigenvalue weighted by atomic mass is 9.80. The summed E-state index contributed by atoms with van der Waals surface area (Å²) >= 11 is 0. The molecule has 0 unspecified atom stereocenters. The average Bonchev–Trinajstić information content (AvgIpc) is 3.33. The number of nitrogens with zero attached hydrogens (tertiary/aromatic N) is 1. The summed E-state index contributed by atoms with van der Waals surface area (Å²) < 4.78 is 46.4. The highest BCUT2D eigenvalue weighted by atomic mass is 32.2. The third-order valence-electron chi connectivity index (χ3n) is 5.66. The van der Waals surface area contributed by atoms with Crippen LogP contribution < -0.4 is 10.5 Å². The first-order chi connectivity index (χ1) is 12.2. The van der Waals surface area contributed by atoms with Crippen molar-refractivity contribution in [1.82, 2.24) is 4.31 Å². The van der Waals surface area contributed by atoms with Gasteiger partial charge >= 0.3 is 0 Å². The van der Waals surface area contributed by atoms with Crippen LogP contribution in [0, 0.1) is 17.2 Å². The highest BCUT2D eigenvalue weighted by molar-refractivity contribution is 7.89. The molecule has 8 heteroatoms. The summed E-state index contributed by atoms with van der Waals surface area (Å²) in [5, 5.41) is 0. The molecule has 1 aromatic carbocycles. The van der Waals surface area contributed by atoms with Crippen molar-refractivity contribution < 1.29 is 22.3 Å². The van der Waals surface area contributed by atoms with Gasteiger partial charge in [0.2, 0.25) is 10.0 Å². The monoisotopic (exact) mass is 384 g/mol. The molecule has 0 radical (unpaired) electrons. The Balaban J connectivity index is 1.84. The molecular formula is C18H25FN2O4S. The van der Waals surface area contributed by atoms with Gasteiger partial charge in [-0.2, -0.15) is 0 Å². The number of primary amides is 1. The van der Waals surface area contributed by atoms with Crippen LogP contribution in [0.2, 0.25) is 0 Å². The van der Waals surface area contributed by atoms with Gasteiger partial charge in [-0.25, -0.2) is 17.1 Å². The van der Waals surface area contributed by atoms with Crippen LogP contribution >= 0.6 is 0 Å². The summed E-state index contributed by atoms with van der Waals surface area (Å²) in [7, 11) is -1.54. The van der Waals surface area contributed by atoms with Gasteiger partial charge in [-0.05, 0) is 62.0 Å². The number of hydrogen-bond acceptors (Lipinski definition) is 4. The van der Waals surface area contributed by atoms with E-state index in [4.69, 9.17) is 10.5 Å². The van der Waals surface area contributed by atoms with E-state index in [2.05, 4.69) is 0 Å². The molecule has 2 aliphatic carbocycles. The molecule has 0 heterocycles. The van der Waals surface area contributed by atoms with Crippen molar-refractivity contribution in [3.63, 3.8) is 0 Å². The van der Waals surface area contributed by atoms with Crippen LogP contribution in [0.5, 0.6) is 5.75 Å². The summed E-state index contributed by atoms with van der Waals surface area (Å²) in [4.78, 5) is 10.8. The fourth-order valence-corrected chi connectivity index (χ4v) is 4.69. The summed E-state index contributed by atoms with van der Waals surface area (Å²) in [5.74, 6) is -1.93. The standard InChI is InChI=1S/C18H25FN2O4S/c1-21(2)26(23,24)16-14(4-3-13(15(16)19)17(20)22)25-11-12-5-7-18(8-6-12)9-10-18/h3-4,12H,5-11H2,1-2H3,(H2,20,22). The van der Waals surface area contributed by atoms with Gasteiger partial charge in [0.25, 0.3) is 5.91 Å². The van der Waals surface area contributed by atoms with Gasteiger partial charge in [-0.15, -0.1) is 0 Å². The number of amides is 1. The van der Waals surface area contributed by atoms with Gasteiger partial charge in [-0.3, -0.25) is 4.79 Å². The van der Waals surface area contributed by atoms with Gasteiger partial charge in [-0.1, -0.05) is 0 Å². The van der Waals surface area contributed by atoms with Crippen molar-refractivity contribution in [3.05, 3.63) is 23.5 Å². The van der Waals surface area contributed by atoms with Crippen LogP contribution in [0.4, 0.5) is 4.39 Å².